The molecule has 0 radical (unpaired) electrons. The molecule has 0 saturated heterocycles. The molecule has 0 aliphatic heterocycles. The minimum absolute atomic E-state index is 0.0356. The van der Waals surface area contributed by atoms with Gasteiger partial charge in [0.2, 0.25) is 5.91 Å². The van der Waals surface area contributed by atoms with E-state index in [0.29, 0.717) is 5.56 Å². The smallest absolute Gasteiger partial charge is 0.269 e. The molecule has 0 heterocycles. The summed E-state index contributed by atoms with van der Waals surface area (Å²) in [6.07, 6.45) is 0.205. The van der Waals surface area contributed by atoms with E-state index in [1.54, 1.807) is 12.1 Å². The van der Waals surface area contributed by atoms with Crippen molar-refractivity contribution in [3.63, 3.8) is 0 Å². The van der Waals surface area contributed by atoms with Crippen molar-refractivity contribution in [3.05, 3.63) is 69.7 Å². The zero-order valence-electron chi connectivity index (χ0n) is 14.0. The second-order valence-corrected chi connectivity index (χ2v) is 7.55. The minimum atomic E-state index is -0.334. The maximum Gasteiger partial charge on any atom is 0.269 e. The second-order valence-electron chi connectivity index (χ2n) is 6.63. The summed E-state index contributed by atoms with van der Waals surface area (Å²) < 4.78 is 0.957. The van der Waals surface area contributed by atoms with Gasteiger partial charge in [-0.15, -0.1) is 0 Å². The van der Waals surface area contributed by atoms with Gasteiger partial charge in [-0.3, -0.25) is 20.4 Å². The molecular weight excluding hydrogens is 368 g/mol. The number of carbonyl (C=O) groups is 2. The molecule has 2 aromatic rings. The van der Waals surface area contributed by atoms with Crippen LogP contribution in [-0.4, -0.2) is 11.8 Å². The number of nitrogens with one attached hydrogen (secondary N) is 2. The molecule has 0 atom stereocenters. The summed E-state index contributed by atoms with van der Waals surface area (Å²) in [5.74, 6) is -0.600. The summed E-state index contributed by atoms with van der Waals surface area (Å²) in [7, 11) is 0. The van der Waals surface area contributed by atoms with Crippen LogP contribution in [0.5, 0.6) is 0 Å². The molecule has 0 bridgehead atoms. The Kier molecular flexibility index (Phi) is 5.78. The number of amides is 2. The summed E-state index contributed by atoms with van der Waals surface area (Å²) in [5, 5.41) is 0. The molecule has 4 nitrogen and oxygen atoms in total. The van der Waals surface area contributed by atoms with E-state index in [2.05, 4.69) is 47.6 Å². The van der Waals surface area contributed by atoms with Gasteiger partial charge in [-0.25, -0.2) is 0 Å². The van der Waals surface area contributed by atoms with E-state index in [1.165, 1.54) is 0 Å². The zero-order valence-corrected chi connectivity index (χ0v) is 15.6. The molecular formula is C19H21BrN2O2. The third kappa shape index (κ3) is 5.20. The first-order valence-corrected chi connectivity index (χ1v) is 8.49. The Bertz CT molecular complexity index is 717. The Labute approximate surface area is 150 Å². The topological polar surface area (TPSA) is 58.2 Å². The monoisotopic (exact) mass is 388 g/mol. The quantitative estimate of drug-likeness (QED) is 0.786. The number of benzene rings is 2. The molecule has 2 amide bonds. The third-order valence-electron chi connectivity index (χ3n) is 3.61. The minimum Gasteiger partial charge on any atom is -0.273 e. The number of hydrogen-bond donors (Lipinski definition) is 2. The molecule has 0 unspecified atom stereocenters. The lowest BCUT2D eigenvalue weighted by Crippen LogP contribution is -2.42. The summed E-state index contributed by atoms with van der Waals surface area (Å²) in [4.78, 5) is 24.0. The van der Waals surface area contributed by atoms with Crippen molar-refractivity contribution >= 4 is 27.7 Å². The molecule has 2 N–H and O–H groups in total. The molecule has 0 aliphatic carbocycles. The van der Waals surface area contributed by atoms with Gasteiger partial charge >= 0.3 is 0 Å². The first kappa shape index (κ1) is 18.2. The number of rotatable bonds is 3. The predicted octanol–water partition coefficient (Wildman–Crippen LogP) is 3.75. The third-order valence-corrected chi connectivity index (χ3v) is 4.14. The van der Waals surface area contributed by atoms with Gasteiger partial charge < -0.3 is 0 Å². The highest BCUT2D eigenvalue weighted by Gasteiger charge is 2.14. The van der Waals surface area contributed by atoms with Crippen molar-refractivity contribution in [2.24, 2.45) is 0 Å². The zero-order chi connectivity index (χ0) is 17.7. The average molecular weight is 389 g/mol. The van der Waals surface area contributed by atoms with Crippen molar-refractivity contribution in [1.82, 2.24) is 10.9 Å². The van der Waals surface area contributed by atoms with Crippen LogP contribution in [0.3, 0.4) is 0 Å². The Morgan fingerprint density at radius 3 is 2.04 bits per heavy atom. The van der Waals surface area contributed by atoms with E-state index in [4.69, 9.17) is 0 Å². The number of hydrazine groups is 1. The van der Waals surface area contributed by atoms with Gasteiger partial charge in [0.15, 0.2) is 0 Å². The lowest BCUT2D eigenvalue weighted by atomic mass is 9.87. The highest BCUT2D eigenvalue weighted by atomic mass is 79.9. The molecule has 0 aliphatic rings. The van der Waals surface area contributed by atoms with E-state index >= 15 is 0 Å². The lowest BCUT2D eigenvalue weighted by Gasteiger charge is -2.19. The van der Waals surface area contributed by atoms with E-state index in [0.717, 1.165) is 15.6 Å². The van der Waals surface area contributed by atoms with Crippen molar-refractivity contribution in [2.75, 3.05) is 0 Å². The molecule has 0 spiro atoms. The molecule has 126 valence electrons. The van der Waals surface area contributed by atoms with Gasteiger partial charge in [-0.2, -0.15) is 0 Å². The van der Waals surface area contributed by atoms with Crippen LogP contribution in [0.2, 0.25) is 0 Å². The van der Waals surface area contributed by atoms with Crippen LogP contribution in [0.4, 0.5) is 0 Å². The van der Waals surface area contributed by atoms with Crippen molar-refractivity contribution in [1.29, 1.82) is 0 Å². The van der Waals surface area contributed by atoms with Crippen LogP contribution < -0.4 is 10.9 Å². The fourth-order valence-corrected chi connectivity index (χ4v) is 2.42. The van der Waals surface area contributed by atoms with E-state index < -0.39 is 0 Å². The normalized spacial score (nSPS) is 11.0. The summed E-state index contributed by atoms with van der Waals surface area (Å²) in [6, 6.07) is 14.8. The standard InChI is InChI=1S/C19H21BrN2O2/c1-19(2,3)15-8-6-14(7-9-15)18(24)22-21-17(23)12-13-4-10-16(20)11-5-13/h4-11H,12H2,1-3H3,(H,21,23)(H,22,24). The summed E-state index contributed by atoms with van der Waals surface area (Å²) in [6.45, 7) is 6.35. The van der Waals surface area contributed by atoms with Gasteiger partial charge in [0.25, 0.3) is 5.91 Å². The summed E-state index contributed by atoms with van der Waals surface area (Å²) >= 11 is 3.35. The SMILES string of the molecule is CC(C)(C)c1ccc(C(=O)NNC(=O)Cc2ccc(Br)cc2)cc1. The molecule has 24 heavy (non-hydrogen) atoms. The fraction of sp³-hybridized carbons (Fsp3) is 0.263. The number of carbonyl (C=O) groups excluding carboxylic acids is 2. The van der Waals surface area contributed by atoms with Crippen LogP contribution >= 0.6 is 15.9 Å². The van der Waals surface area contributed by atoms with E-state index in [9.17, 15) is 9.59 Å². The Hall–Kier alpha value is -2.14. The van der Waals surface area contributed by atoms with Crippen molar-refractivity contribution in [2.45, 2.75) is 32.6 Å². The number of hydrogen-bond acceptors (Lipinski definition) is 2. The van der Waals surface area contributed by atoms with Crippen LogP contribution in [-0.2, 0) is 16.6 Å². The van der Waals surface area contributed by atoms with Crippen LogP contribution in [0.15, 0.2) is 53.0 Å². The van der Waals surface area contributed by atoms with Crippen molar-refractivity contribution < 1.29 is 9.59 Å². The highest BCUT2D eigenvalue weighted by molar-refractivity contribution is 9.10. The fourth-order valence-electron chi connectivity index (χ4n) is 2.15. The Balaban J connectivity index is 1.88. The summed E-state index contributed by atoms with van der Waals surface area (Å²) in [5.41, 5.74) is 7.45. The second kappa shape index (κ2) is 7.62. The molecule has 5 heteroatoms. The largest absolute Gasteiger partial charge is 0.273 e. The maximum atomic E-state index is 12.1. The first-order chi connectivity index (χ1) is 11.3. The van der Waals surface area contributed by atoms with Gasteiger partial charge in [-0.05, 0) is 40.8 Å². The van der Waals surface area contributed by atoms with E-state index in [1.807, 2.05) is 36.4 Å². The van der Waals surface area contributed by atoms with Crippen LogP contribution in [0, 0.1) is 0 Å². The van der Waals surface area contributed by atoms with Gasteiger partial charge in [0.1, 0.15) is 0 Å². The average Bonchev–Trinajstić information content (AvgIpc) is 2.54. The Morgan fingerprint density at radius 2 is 1.50 bits per heavy atom. The van der Waals surface area contributed by atoms with Gasteiger partial charge in [-0.1, -0.05) is 61.0 Å². The molecule has 2 rings (SSSR count). The van der Waals surface area contributed by atoms with Gasteiger partial charge in [0.05, 0.1) is 6.42 Å². The van der Waals surface area contributed by atoms with Crippen LogP contribution in [0.1, 0.15) is 42.3 Å². The molecule has 2 aromatic carbocycles. The molecule has 0 saturated carbocycles. The van der Waals surface area contributed by atoms with Gasteiger partial charge in [0, 0.05) is 10.0 Å². The van der Waals surface area contributed by atoms with E-state index in [-0.39, 0.29) is 23.7 Å². The van der Waals surface area contributed by atoms with Crippen molar-refractivity contribution in [3.8, 4) is 0 Å². The molecule has 0 aromatic heterocycles. The van der Waals surface area contributed by atoms with Crippen LogP contribution in [0.25, 0.3) is 0 Å². The predicted molar refractivity (Wildman–Crippen MR) is 98.6 cm³/mol. The molecule has 0 fully saturated rings. The lowest BCUT2D eigenvalue weighted by molar-refractivity contribution is -0.121. The maximum absolute atomic E-state index is 12.1. The highest BCUT2D eigenvalue weighted by Crippen LogP contribution is 2.22. The number of halogens is 1. The first-order valence-electron chi connectivity index (χ1n) is 7.70. The Morgan fingerprint density at radius 1 is 0.917 bits per heavy atom.